The molecule has 2 aliphatic heterocycles. The van der Waals surface area contributed by atoms with Crippen molar-refractivity contribution in [3.8, 4) is 0 Å². The summed E-state index contributed by atoms with van der Waals surface area (Å²) in [5, 5.41) is 0. The summed E-state index contributed by atoms with van der Waals surface area (Å²) in [5.41, 5.74) is 9.26. The second-order valence-corrected chi connectivity index (χ2v) is 7.90. The molecule has 5 heteroatoms. The highest BCUT2D eigenvalue weighted by atomic mass is 16.6. The monoisotopic (exact) mass is 331 g/mol. The second-order valence-electron chi connectivity index (χ2n) is 7.90. The van der Waals surface area contributed by atoms with Crippen molar-refractivity contribution in [2.45, 2.75) is 58.2 Å². The molecule has 1 aromatic rings. The van der Waals surface area contributed by atoms with Gasteiger partial charge in [-0.25, -0.2) is 4.79 Å². The first-order valence-corrected chi connectivity index (χ1v) is 8.92. The van der Waals surface area contributed by atoms with Crippen molar-refractivity contribution in [1.29, 1.82) is 0 Å². The van der Waals surface area contributed by atoms with Crippen molar-refractivity contribution in [2.75, 3.05) is 25.4 Å². The van der Waals surface area contributed by atoms with Gasteiger partial charge in [0.25, 0.3) is 0 Å². The van der Waals surface area contributed by atoms with Gasteiger partial charge in [0.05, 0.1) is 0 Å². The lowest BCUT2D eigenvalue weighted by atomic mass is 9.94. The lowest BCUT2D eigenvalue weighted by molar-refractivity contribution is 0.0134. The highest BCUT2D eigenvalue weighted by Crippen LogP contribution is 2.28. The second kappa shape index (κ2) is 6.63. The maximum atomic E-state index is 12.2. The van der Waals surface area contributed by atoms with Gasteiger partial charge in [0, 0.05) is 37.9 Å². The molecule has 1 saturated heterocycles. The molecule has 3 rings (SSSR count). The summed E-state index contributed by atoms with van der Waals surface area (Å²) in [6.07, 6.45) is 2.86. The third-order valence-corrected chi connectivity index (χ3v) is 4.96. The Hall–Kier alpha value is -1.75. The van der Waals surface area contributed by atoms with Gasteiger partial charge in [-0.05, 0) is 57.2 Å². The highest BCUT2D eigenvalue weighted by Gasteiger charge is 2.31. The number of likely N-dealkylation sites (tertiary alicyclic amines) is 1. The van der Waals surface area contributed by atoms with Crippen LogP contribution in [0.2, 0.25) is 0 Å². The van der Waals surface area contributed by atoms with Gasteiger partial charge in [-0.3, -0.25) is 4.90 Å². The first-order valence-electron chi connectivity index (χ1n) is 8.92. The molecule has 5 nitrogen and oxygen atoms in total. The minimum absolute atomic E-state index is 0.183. The van der Waals surface area contributed by atoms with Gasteiger partial charge in [-0.1, -0.05) is 12.1 Å². The number of ether oxygens (including phenoxy) is 1. The van der Waals surface area contributed by atoms with Crippen molar-refractivity contribution >= 4 is 11.8 Å². The molecule has 2 heterocycles. The van der Waals surface area contributed by atoms with Crippen LogP contribution in [0.4, 0.5) is 10.5 Å². The summed E-state index contributed by atoms with van der Waals surface area (Å²) in [6, 6.07) is 6.77. The zero-order valence-electron chi connectivity index (χ0n) is 15.0. The number of fused-ring (bicyclic) bond motifs is 1. The number of anilines is 1. The van der Waals surface area contributed by atoms with Gasteiger partial charge < -0.3 is 15.4 Å². The van der Waals surface area contributed by atoms with Crippen LogP contribution in [0.5, 0.6) is 0 Å². The highest BCUT2D eigenvalue weighted by molar-refractivity contribution is 5.68. The number of nitrogens with zero attached hydrogens (tertiary/aromatic N) is 2. The molecule has 24 heavy (non-hydrogen) atoms. The van der Waals surface area contributed by atoms with E-state index in [-0.39, 0.29) is 6.09 Å². The van der Waals surface area contributed by atoms with Crippen molar-refractivity contribution < 1.29 is 9.53 Å². The van der Waals surface area contributed by atoms with Crippen LogP contribution in [0.1, 0.15) is 44.7 Å². The molecular formula is C19H29N3O2. The molecule has 2 N–H and O–H groups in total. The normalized spacial score (nSPS) is 19.9. The summed E-state index contributed by atoms with van der Waals surface area (Å²) < 4.78 is 5.48. The number of amides is 1. The molecule has 0 spiro atoms. The molecule has 1 aromatic carbocycles. The van der Waals surface area contributed by atoms with Gasteiger partial charge in [-0.15, -0.1) is 0 Å². The SMILES string of the molecule is CC(C)(C)OC(=O)N1CCC(N2CCc3c(N)cccc3C2)CC1. The number of nitrogen functional groups attached to an aromatic ring is 1. The number of piperidine rings is 1. The van der Waals surface area contributed by atoms with Crippen LogP contribution >= 0.6 is 0 Å². The van der Waals surface area contributed by atoms with E-state index in [2.05, 4.69) is 11.0 Å². The Morgan fingerprint density at radius 3 is 2.58 bits per heavy atom. The minimum atomic E-state index is -0.426. The minimum Gasteiger partial charge on any atom is -0.444 e. The molecule has 0 saturated carbocycles. The molecule has 0 atom stereocenters. The molecule has 0 radical (unpaired) electrons. The average Bonchev–Trinajstić information content (AvgIpc) is 2.53. The Kier molecular flexibility index (Phi) is 4.72. The zero-order valence-corrected chi connectivity index (χ0v) is 15.0. The number of hydrogen-bond acceptors (Lipinski definition) is 4. The molecule has 2 aliphatic rings. The van der Waals surface area contributed by atoms with Crippen molar-refractivity contribution in [1.82, 2.24) is 9.80 Å². The predicted molar refractivity (Wildman–Crippen MR) is 95.8 cm³/mol. The number of nitrogens with two attached hydrogens (primary N) is 1. The first kappa shape index (κ1) is 17.1. The Morgan fingerprint density at radius 2 is 1.92 bits per heavy atom. The van der Waals surface area contributed by atoms with Crippen LogP contribution in [-0.2, 0) is 17.7 Å². The van der Waals surface area contributed by atoms with E-state index in [1.54, 1.807) is 0 Å². The molecule has 0 unspecified atom stereocenters. The molecule has 1 fully saturated rings. The molecule has 0 aliphatic carbocycles. The van der Waals surface area contributed by atoms with Crippen LogP contribution in [-0.4, -0.2) is 47.2 Å². The third-order valence-electron chi connectivity index (χ3n) is 4.96. The average molecular weight is 331 g/mol. The van der Waals surface area contributed by atoms with Crippen LogP contribution in [0.3, 0.4) is 0 Å². The quantitative estimate of drug-likeness (QED) is 0.804. The van der Waals surface area contributed by atoms with Crippen LogP contribution < -0.4 is 5.73 Å². The maximum absolute atomic E-state index is 12.2. The largest absolute Gasteiger partial charge is 0.444 e. The lowest BCUT2D eigenvalue weighted by Crippen LogP contribution is -2.49. The summed E-state index contributed by atoms with van der Waals surface area (Å²) in [6.45, 7) is 9.31. The van der Waals surface area contributed by atoms with E-state index in [9.17, 15) is 4.79 Å². The zero-order chi connectivity index (χ0) is 17.3. The Bertz CT molecular complexity index is 601. The summed E-state index contributed by atoms with van der Waals surface area (Å²) in [4.78, 5) is 16.6. The molecule has 0 bridgehead atoms. The van der Waals surface area contributed by atoms with Crippen molar-refractivity contribution in [3.63, 3.8) is 0 Å². The fourth-order valence-corrected chi connectivity index (χ4v) is 3.71. The summed E-state index contributed by atoms with van der Waals surface area (Å²) in [5.74, 6) is 0. The Balaban J connectivity index is 1.55. The number of hydrogen-bond donors (Lipinski definition) is 1. The topological polar surface area (TPSA) is 58.8 Å². The third kappa shape index (κ3) is 3.83. The Morgan fingerprint density at radius 1 is 1.21 bits per heavy atom. The number of rotatable bonds is 1. The molecule has 1 amide bonds. The van der Waals surface area contributed by atoms with Gasteiger partial charge in [0.2, 0.25) is 0 Å². The van der Waals surface area contributed by atoms with E-state index in [0.717, 1.165) is 51.1 Å². The van der Waals surface area contributed by atoms with Gasteiger partial charge in [0.1, 0.15) is 5.60 Å². The summed E-state index contributed by atoms with van der Waals surface area (Å²) >= 11 is 0. The Labute approximate surface area is 144 Å². The maximum Gasteiger partial charge on any atom is 0.410 e. The fraction of sp³-hybridized carbons (Fsp3) is 0.632. The van der Waals surface area contributed by atoms with Crippen molar-refractivity contribution in [2.24, 2.45) is 0 Å². The lowest BCUT2D eigenvalue weighted by Gasteiger charge is -2.41. The van der Waals surface area contributed by atoms with Gasteiger partial charge >= 0.3 is 6.09 Å². The van der Waals surface area contributed by atoms with E-state index >= 15 is 0 Å². The number of benzene rings is 1. The van der Waals surface area contributed by atoms with Crippen LogP contribution in [0, 0.1) is 0 Å². The van der Waals surface area contributed by atoms with E-state index in [1.165, 1.54) is 11.1 Å². The first-order chi connectivity index (χ1) is 11.3. The fourth-order valence-electron chi connectivity index (χ4n) is 3.71. The van der Waals surface area contributed by atoms with Gasteiger partial charge in [0.15, 0.2) is 0 Å². The summed E-state index contributed by atoms with van der Waals surface area (Å²) in [7, 11) is 0. The molecule has 132 valence electrons. The molecule has 0 aromatic heterocycles. The van der Waals surface area contributed by atoms with E-state index in [0.29, 0.717) is 6.04 Å². The van der Waals surface area contributed by atoms with Crippen LogP contribution in [0.25, 0.3) is 0 Å². The number of carbonyl (C=O) groups excluding carboxylic acids is 1. The van der Waals surface area contributed by atoms with E-state index in [4.69, 9.17) is 10.5 Å². The van der Waals surface area contributed by atoms with E-state index in [1.807, 2.05) is 37.8 Å². The van der Waals surface area contributed by atoms with E-state index < -0.39 is 5.60 Å². The molecular weight excluding hydrogens is 302 g/mol. The van der Waals surface area contributed by atoms with Crippen molar-refractivity contribution in [3.05, 3.63) is 29.3 Å². The number of carbonyl (C=O) groups is 1. The smallest absolute Gasteiger partial charge is 0.410 e. The predicted octanol–water partition coefficient (Wildman–Crippen LogP) is 3.03. The van der Waals surface area contributed by atoms with Crippen LogP contribution in [0.15, 0.2) is 18.2 Å². The van der Waals surface area contributed by atoms with Gasteiger partial charge in [-0.2, -0.15) is 0 Å². The standard InChI is InChI=1S/C19H29N3O2/c1-19(2,3)24-18(23)21-10-7-15(8-11-21)22-12-9-16-14(13-22)5-4-6-17(16)20/h4-6,15H,7-13,20H2,1-3H3.